The summed E-state index contributed by atoms with van der Waals surface area (Å²) in [6.07, 6.45) is -0.107. The van der Waals surface area contributed by atoms with Gasteiger partial charge in [0.1, 0.15) is 5.69 Å². The van der Waals surface area contributed by atoms with Crippen LogP contribution in [0.15, 0.2) is 30.3 Å². The van der Waals surface area contributed by atoms with Gasteiger partial charge >= 0.3 is 5.97 Å². The summed E-state index contributed by atoms with van der Waals surface area (Å²) in [6, 6.07) is 8.85. The minimum atomic E-state index is -0.934. The van der Waals surface area contributed by atoms with Crippen LogP contribution in [0.1, 0.15) is 30.8 Å². The van der Waals surface area contributed by atoms with Gasteiger partial charge in [0, 0.05) is 12.1 Å². The van der Waals surface area contributed by atoms with Crippen LogP contribution < -0.4 is 5.32 Å². The van der Waals surface area contributed by atoms with Crippen LogP contribution >= 0.6 is 0 Å². The lowest BCUT2D eigenvalue weighted by atomic mass is 10.0. The molecule has 3 aromatic rings. The summed E-state index contributed by atoms with van der Waals surface area (Å²) in [4.78, 5) is 27.7. The maximum absolute atomic E-state index is 12.4. The van der Waals surface area contributed by atoms with Crippen molar-refractivity contribution in [1.29, 1.82) is 0 Å². The Kier molecular flexibility index (Phi) is 3.77. The van der Waals surface area contributed by atoms with E-state index in [-0.39, 0.29) is 18.2 Å². The number of carboxylic acids is 1. The van der Waals surface area contributed by atoms with Gasteiger partial charge < -0.3 is 10.4 Å². The topological polar surface area (TPSA) is 99.5 Å². The summed E-state index contributed by atoms with van der Waals surface area (Å²) in [5.41, 5.74) is 2.73. The fourth-order valence-electron chi connectivity index (χ4n) is 2.54. The molecule has 0 saturated heterocycles. The van der Waals surface area contributed by atoms with Crippen molar-refractivity contribution in [3.63, 3.8) is 0 Å². The van der Waals surface area contributed by atoms with Gasteiger partial charge in [0.25, 0.3) is 5.91 Å². The zero-order valence-electron chi connectivity index (χ0n) is 12.9. The molecule has 7 nitrogen and oxygen atoms in total. The van der Waals surface area contributed by atoms with Crippen molar-refractivity contribution in [2.75, 3.05) is 0 Å². The Balaban J connectivity index is 1.87. The number of para-hydroxylation sites is 2. The van der Waals surface area contributed by atoms with Crippen molar-refractivity contribution in [3.05, 3.63) is 36.0 Å². The van der Waals surface area contributed by atoms with E-state index < -0.39 is 12.0 Å². The van der Waals surface area contributed by atoms with Gasteiger partial charge in [0.15, 0.2) is 5.65 Å². The van der Waals surface area contributed by atoms with Crippen molar-refractivity contribution in [2.45, 2.75) is 26.3 Å². The van der Waals surface area contributed by atoms with Crippen molar-refractivity contribution >= 4 is 28.6 Å². The number of aliphatic carboxylic acids is 1. The van der Waals surface area contributed by atoms with Crippen molar-refractivity contribution in [3.8, 4) is 0 Å². The fraction of sp³-hybridized carbons (Fsp3) is 0.312. The molecule has 0 aliphatic carbocycles. The zero-order valence-corrected chi connectivity index (χ0v) is 12.9. The summed E-state index contributed by atoms with van der Waals surface area (Å²) >= 11 is 0. The number of nitrogens with zero attached hydrogens (tertiary/aromatic N) is 2. The first kappa shape index (κ1) is 15.1. The normalized spacial score (nSPS) is 12.8. The summed E-state index contributed by atoms with van der Waals surface area (Å²) in [6.45, 7) is 3.76. The number of hydrogen-bond acceptors (Lipinski definition) is 3. The number of imidazole rings is 1. The SMILES string of the molecule is CC(C)[C@@H](CC(=O)O)NC(=O)c1cc2nc3ccccc3n2[nH]1. The first-order chi connectivity index (χ1) is 11.0. The number of amides is 1. The number of rotatable bonds is 5. The lowest BCUT2D eigenvalue weighted by Crippen LogP contribution is -2.40. The summed E-state index contributed by atoms with van der Waals surface area (Å²) < 4.78 is 1.74. The Bertz CT molecular complexity index is 878. The zero-order chi connectivity index (χ0) is 16.6. The molecule has 120 valence electrons. The van der Waals surface area contributed by atoms with Crippen LogP contribution in [-0.4, -0.2) is 37.6 Å². The van der Waals surface area contributed by atoms with E-state index >= 15 is 0 Å². The van der Waals surface area contributed by atoms with E-state index in [0.717, 1.165) is 11.0 Å². The summed E-state index contributed by atoms with van der Waals surface area (Å²) in [7, 11) is 0. The highest BCUT2D eigenvalue weighted by molar-refractivity contribution is 5.94. The molecule has 0 spiro atoms. The number of aromatic nitrogens is 3. The second kappa shape index (κ2) is 5.75. The molecule has 0 aliphatic heterocycles. The van der Waals surface area contributed by atoms with Crippen LogP contribution in [0.25, 0.3) is 16.7 Å². The number of carbonyl (C=O) groups excluding carboxylic acids is 1. The van der Waals surface area contributed by atoms with Gasteiger partial charge in [0.05, 0.1) is 17.5 Å². The molecular weight excluding hydrogens is 296 g/mol. The molecule has 2 aromatic heterocycles. The predicted octanol–water partition coefficient (Wildman–Crippen LogP) is 2.04. The van der Waals surface area contributed by atoms with E-state index in [1.807, 2.05) is 38.1 Å². The number of aromatic amines is 1. The highest BCUT2D eigenvalue weighted by Crippen LogP contribution is 2.17. The number of nitrogens with one attached hydrogen (secondary N) is 2. The third-order valence-electron chi connectivity index (χ3n) is 3.85. The number of H-pyrrole nitrogens is 1. The predicted molar refractivity (Wildman–Crippen MR) is 85.4 cm³/mol. The molecule has 23 heavy (non-hydrogen) atoms. The second-order valence-corrected chi connectivity index (χ2v) is 5.89. The molecule has 1 atom stereocenters. The van der Waals surface area contributed by atoms with Gasteiger partial charge in [-0.1, -0.05) is 26.0 Å². The van der Waals surface area contributed by atoms with Gasteiger partial charge in [0.2, 0.25) is 0 Å². The van der Waals surface area contributed by atoms with Gasteiger partial charge in [-0.2, -0.15) is 0 Å². The molecule has 1 aromatic carbocycles. The maximum atomic E-state index is 12.4. The Morgan fingerprint density at radius 2 is 2.09 bits per heavy atom. The molecule has 0 saturated carbocycles. The quantitative estimate of drug-likeness (QED) is 0.671. The first-order valence-corrected chi connectivity index (χ1v) is 7.44. The van der Waals surface area contributed by atoms with E-state index in [0.29, 0.717) is 11.3 Å². The Hall–Kier alpha value is -2.83. The summed E-state index contributed by atoms with van der Waals surface area (Å²) in [5, 5.41) is 14.7. The van der Waals surface area contributed by atoms with E-state index in [2.05, 4.69) is 15.4 Å². The fourth-order valence-corrected chi connectivity index (χ4v) is 2.54. The Labute approximate surface area is 132 Å². The molecule has 0 unspecified atom stereocenters. The molecule has 3 N–H and O–H groups in total. The van der Waals surface area contributed by atoms with E-state index in [1.54, 1.807) is 10.6 Å². The molecule has 0 bridgehead atoms. The van der Waals surface area contributed by atoms with Crippen molar-refractivity contribution in [1.82, 2.24) is 19.9 Å². The van der Waals surface area contributed by atoms with Gasteiger partial charge in [-0.15, -0.1) is 0 Å². The second-order valence-electron chi connectivity index (χ2n) is 5.89. The molecule has 7 heteroatoms. The molecule has 1 amide bonds. The third-order valence-corrected chi connectivity index (χ3v) is 3.85. The van der Waals surface area contributed by atoms with Crippen LogP contribution in [0.3, 0.4) is 0 Å². The van der Waals surface area contributed by atoms with Crippen LogP contribution in [0.4, 0.5) is 0 Å². The first-order valence-electron chi connectivity index (χ1n) is 7.44. The Morgan fingerprint density at radius 3 is 2.78 bits per heavy atom. The highest BCUT2D eigenvalue weighted by Gasteiger charge is 2.21. The van der Waals surface area contributed by atoms with Crippen molar-refractivity contribution in [2.24, 2.45) is 5.92 Å². The number of benzene rings is 1. The average molecular weight is 314 g/mol. The minimum absolute atomic E-state index is 0.0231. The van der Waals surface area contributed by atoms with Gasteiger partial charge in [-0.3, -0.25) is 14.7 Å². The highest BCUT2D eigenvalue weighted by atomic mass is 16.4. The van der Waals surface area contributed by atoms with Gasteiger partial charge in [-0.05, 0) is 18.1 Å². The average Bonchev–Trinajstić information content (AvgIpc) is 3.03. The molecule has 0 aliphatic rings. The molecule has 2 heterocycles. The number of fused-ring (bicyclic) bond motifs is 3. The van der Waals surface area contributed by atoms with E-state index in [9.17, 15) is 9.59 Å². The monoisotopic (exact) mass is 314 g/mol. The van der Waals surface area contributed by atoms with Crippen LogP contribution in [0, 0.1) is 5.92 Å². The van der Waals surface area contributed by atoms with Crippen LogP contribution in [0.5, 0.6) is 0 Å². The minimum Gasteiger partial charge on any atom is -0.481 e. The Morgan fingerprint density at radius 1 is 1.35 bits per heavy atom. The maximum Gasteiger partial charge on any atom is 0.305 e. The van der Waals surface area contributed by atoms with Crippen LogP contribution in [0.2, 0.25) is 0 Å². The number of carboxylic acid groups (broad SMARTS) is 1. The number of hydrogen-bond donors (Lipinski definition) is 3. The number of carbonyl (C=O) groups is 2. The molecule has 0 fully saturated rings. The van der Waals surface area contributed by atoms with E-state index in [4.69, 9.17) is 5.11 Å². The lowest BCUT2D eigenvalue weighted by Gasteiger charge is -2.20. The summed E-state index contributed by atoms with van der Waals surface area (Å²) in [5.74, 6) is -1.24. The van der Waals surface area contributed by atoms with E-state index in [1.165, 1.54) is 0 Å². The molecule has 3 rings (SSSR count). The standard InChI is InChI=1S/C16H18N4O3/c1-9(2)11(8-15(21)22)18-16(23)12-7-14-17-10-5-3-4-6-13(10)20(14)19-12/h3-7,9,11,19H,8H2,1-2H3,(H,18,23)(H,21,22)/t11-/m1/s1. The largest absolute Gasteiger partial charge is 0.481 e. The lowest BCUT2D eigenvalue weighted by molar-refractivity contribution is -0.137. The third kappa shape index (κ3) is 2.90. The van der Waals surface area contributed by atoms with Crippen molar-refractivity contribution < 1.29 is 14.7 Å². The molecule has 0 radical (unpaired) electrons. The molecular formula is C16H18N4O3. The van der Waals surface area contributed by atoms with Crippen LogP contribution in [-0.2, 0) is 4.79 Å². The van der Waals surface area contributed by atoms with Gasteiger partial charge in [-0.25, -0.2) is 9.50 Å². The smallest absolute Gasteiger partial charge is 0.305 e.